The molecule has 0 saturated carbocycles. The average molecular weight is 331 g/mol. The Morgan fingerprint density at radius 2 is 1.86 bits per heavy atom. The lowest BCUT2D eigenvalue weighted by Crippen LogP contribution is -2.55. The first-order valence-electron chi connectivity index (χ1n) is 6.64. The Bertz CT molecular complexity index is 474. The quantitative estimate of drug-likeness (QED) is 0.728. The van der Waals surface area contributed by atoms with E-state index in [2.05, 4.69) is 10.1 Å². The highest BCUT2D eigenvalue weighted by atomic mass is 35.5. The summed E-state index contributed by atoms with van der Waals surface area (Å²) in [6, 6.07) is 8.65. The van der Waals surface area contributed by atoms with Crippen molar-refractivity contribution >= 4 is 24.3 Å². The summed E-state index contributed by atoms with van der Waals surface area (Å²) in [5, 5.41) is 2.53. The molecule has 0 unspecified atom stereocenters. The maximum Gasteiger partial charge on any atom is 0.330 e. The minimum absolute atomic E-state index is 0. The van der Waals surface area contributed by atoms with E-state index in [4.69, 9.17) is 10.5 Å². The van der Waals surface area contributed by atoms with Gasteiger partial charge >= 0.3 is 5.97 Å². The molecule has 0 spiro atoms. The molecule has 1 aromatic rings. The van der Waals surface area contributed by atoms with E-state index in [1.807, 2.05) is 30.3 Å². The van der Waals surface area contributed by atoms with Gasteiger partial charge in [-0.25, -0.2) is 4.79 Å². The second-order valence-corrected chi connectivity index (χ2v) is 5.27. The van der Waals surface area contributed by atoms with Crippen molar-refractivity contribution in [1.82, 2.24) is 5.32 Å². The Morgan fingerprint density at radius 3 is 2.36 bits per heavy atom. The van der Waals surface area contributed by atoms with Crippen molar-refractivity contribution in [2.24, 2.45) is 5.73 Å². The van der Waals surface area contributed by atoms with Crippen LogP contribution in [-0.4, -0.2) is 37.2 Å². The van der Waals surface area contributed by atoms with Crippen molar-refractivity contribution in [3.05, 3.63) is 35.9 Å². The summed E-state index contributed by atoms with van der Waals surface area (Å²) >= 11 is 0. The second-order valence-electron chi connectivity index (χ2n) is 5.27. The van der Waals surface area contributed by atoms with Crippen LogP contribution in [0.2, 0.25) is 0 Å². The molecule has 0 saturated heterocycles. The number of hydrogen-bond donors (Lipinski definition) is 2. The summed E-state index contributed by atoms with van der Waals surface area (Å²) in [5.74, 6) is -1.01. The van der Waals surface area contributed by atoms with Crippen LogP contribution in [0.5, 0.6) is 0 Å². The van der Waals surface area contributed by atoms with E-state index in [-0.39, 0.29) is 19.0 Å². The fourth-order valence-corrected chi connectivity index (χ4v) is 1.52. The smallest absolute Gasteiger partial charge is 0.330 e. The van der Waals surface area contributed by atoms with Gasteiger partial charge in [-0.15, -0.1) is 12.4 Å². The molecule has 7 heteroatoms. The SMILES string of the molecule is COC(=O)[C@@H](COCc1ccccc1)NC(=O)C(C)(C)N.Cl. The summed E-state index contributed by atoms with van der Waals surface area (Å²) < 4.78 is 10.1. The molecule has 0 aromatic heterocycles. The van der Waals surface area contributed by atoms with Gasteiger partial charge in [0, 0.05) is 0 Å². The summed E-state index contributed by atoms with van der Waals surface area (Å²) in [6.07, 6.45) is 0. The van der Waals surface area contributed by atoms with Crippen LogP contribution in [0.25, 0.3) is 0 Å². The van der Waals surface area contributed by atoms with Gasteiger partial charge in [0.15, 0.2) is 6.04 Å². The largest absolute Gasteiger partial charge is 0.467 e. The van der Waals surface area contributed by atoms with Crippen LogP contribution in [0, 0.1) is 0 Å². The van der Waals surface area contributed by atoms with Crippen LogP contribution in [0.4, 0.5) is 0 Å². The number of carbonyl (C=O) groups is 2. The van der Waals surface area contributed by atoms with Gasteiger partial charge in [-0.05, 0) is 19.4 Å². The Kier molecular flexibility index (Phi) is 8.70. The molecule has 0 radical (unpaired) electrons. The van der Waals surface area contributed by atoms with Gasteiger partial charge in [0.1, 0.15) is 0 Å². The van der Waals surface area contributed by atoms with E-state index in [0.717, 1.165) is 5.56 Å². The highest BCUT2D eigenvalue weighted by Crippen LogP contribution is 2.03. The van der Waals surface area contributed by atoms with E-state index >= 15 is 0 Å². The van der Waals surface area contributed by atoms with Crippen LogP contribution in [0.1, 0.15) is 19.4 Å². The van der Waals surface area contributed by atoms with Crippen molar-refractivity contribution in [3.63, 3.8) is 0 Å². The van der Waals surface area contributed by atoms with E-state index in [1.54, 1.807) is 13.8 Å². The Morgan fingerprint density at radius 1 is 1.27 bits per heavy atom. The normalized spacial score (nSPS) is 12.0. The Balaban J connectivity index is 0.00000441. The molecule has 6 nitrogen and oxygen atoms in total. The summed E-state index contributed by atoms with van der Waals surface area (Å²) in [5.41, 5.74) is 5.58. The molecule has 0 aliphatic rings. The van der Waals surface area contributed by atoms with E-state index in [9.17, 15) is 9.59 Å². The van der Waals surface area contributed by atoms with E-state index in [1.165, 1.54) is 7.11 Å². The number of carbonyl (C=O) groups excluding carboxylic acids is 2. The van der Waals surface area contributed by atoms with Gasteiger partial charge in [0.2, 0.25) is 5.91 Å². The van der Waals surface area contributed by atoms with E-state index in [0.29, 0.717) is 6.61 Å². The monoisotopic (exact) mass is 330 g/mol. The van der Waals surface area contributed by atoms with Crippen LogP contribution < -0.4 is 11.1 Å². The molecule has 22 heavy (non-hydrogen) atoms. The lowest BCUT2D eigenvalue weighted by Gasteiger charge is -2.22. The maximum absolute atomic E-state index is 11.8. The standard InChI is InChI=1S/C15H22N2O4.ClH/c1-15(2,16)14(19)17-12(13(18)20-3)10-21-9-11-7-5-4-6-8-11;/h4-8,12H,9-10,16H2,1-3H3,(H,17,19);1H/t12-;/m1./s1. The summed E-state index contributed by atoms with van der Waals surface area (Å²) in [7, 11) is 1.26. The zero-order valence-electron chi connectivity index (χ0n) is 13.0. The van der Waals surface area contributed by atoms with Gasteiger partial charge in [-0.3, -0.25) is 4.79 Å². The highest BCUT2D eigenvalue weighted by Gasteiger charge is 2.28. The molecular weight excluding hydrogens is 308 g/mol. The van der Waals surface area contributed by atoms with Crippen LogP contribution >= 0.6 is 12.4 Å². The summed E-state index contributed by atoms with van der Waals surface area (Å²) in [6.45, 7) is 3.47. The zero-order valence-corrected chi connectivity index (χ0v) is 13.8. The number of nitrogens with one attached hydrogen (secondary N) is 1. The minimum atomic E-state index is -1.08. The van der Waals surface area contributed by atoms with Gasteiger partial charge in [-0.1, -0.05) is 30.3 Å². The molecule has 0 aliphatic heterocycles. The number of hydrogen-bond acceptors (Lipinski definition) is 5. The Labute approximate surface area is 136 Å². The van der Waals surface area contributed by atoms with E-state index < -0.39 is 23.5 Å². The first kappa shape index (κ1) is 20.4. The van der Waals surface area contributed by atoms with Gasteiger partial charge in [0.25, 0.3) is 0 Å². The highest BCUT2D eigenvalue weighted by molar-refractivity contribution is 5.89. The molecule has 3 N–H and O–H groups in total. The lowest BCUT2D eigenvalue weighted by molar-refractivity contribution is -0.147. The third-order valence-corrected chi connectivity index (χ3v) is 2.77. The molecule has 1 amide bonds. The number of methoxy groups -OCH3 is 1. The fraction of sp³-hybridized carbons (Fsp3) is 0.467. The van der Waals surface area contributed by atoms with Crippen molar-refractivity contribution in [1.29, 1.82) is 0 Å². The molecule has 0 aliphatic carbocycles. The first-order chi connectivity index (χ1) is 9.84. The maximum atomic E-state index is 11.8. The number of nitrogens with two attached hydrogens (primary N) is 1. The zero-order chi connectivity index (χ0) is 15.9. The molecule has 1 aromatic carbocycles. The number of esters is 1. The molecule has 0 fully saturated rings. The first-order valence-corrected chi connectivity index (χ1v) is 6.64. The number of amides is 1. The molecule has 0 bridgehead atoms. The minimum Gasteiger partial charge on any atom is -0.467 e. The average Bonchev–Trinajstić information content (AvgIpc) is 2.45. The van der Waals surface area contributed by atoms with Gasteiger partial charge < -0.3 is 20.5 Å². The fourth-order valence-electron chi connectivity index (χ4n) is 1.52. The van der Waals surface area contributed by atoms with Crippen LogP contribution in [-0.2, 0) is 25.7 Å². The predicted octanol–water partition coefficient (Wildman–Crippen LogP) is 1.02. The second kappa shape index (κ2) is 9.40. The topological polar surface area (TPSA) is 90.6 Å². The molecule has 1 atom stereocenters. The van der Waals surface area contributed by atoms with Crippen molar-refractivity contribution < 1.29 is 19.1 Å². The van der Waals surface area contributed by atoms with Crippen molar-refractivity contribution in [3.8, 4) is 0 Å². The number of rotatable bonds is 7. The van der Waals surface area contributed by atoms with Crippen LogP contribution in [0.15, 0.2) is 30.3 Å². The molecule has 0 heterocycles. The third kappa shape index (κ3) is 6.89. The number of benzene rings is 1. The molecule has 1 rings (SSSR count). The number of ether oxygens (including phenoxy) is 2. The van der Waals surface area contributed by atoms with Gasteiger partial charge in [0.05, 0.1) is 25.9 Å². The summed E-state index contributed by atoms with van der Waals surface area (Å²) in [4.78, 5) is 23.5. The Hall–Kier alpha value is -1.63. The predicted molar refractivity (Wildman–Crippen MR) is 85.6 cm³/mol. The molecule has 124 valence electrons. The molecular formula is C15H23ClN2O4. The van der Waals surface area contributed by atoms with Gasteiger partial charge in [-0.2, -0.15) is 0 Å². The number of halogens is 1. The van der Waals surface area contributed by atoms with Crippen LogP contribution in [0.3, 0.4) is 0 Å². The third-order valence-electron chi connectivity index (χ3n) is 2.77. The van der Waals surface area contributed by atoms with Crippen molar-refractivity contribution in [2.75, 3.05) is 13.7 Å². The lowest BCUT2D eigenvalue weighted by atomic mass is 10.1. The van der Waals surface area contributed by atoms with Crippen molar-refractivity contribution in [2.45, 2.75) is 32.0 Å².